The Labute approximate surface area is 115 Å². The topological polar surface area (TPSA) is 26.7 Å². The zero-order chi connectivity index (χ0) is 10.7. The van der Waals surface area contributed by atoms with Gasteiger partial charge in [0.2, 0.25) is 0 Å². The highest BCUT2D eigenvalue weighted by atomic mass is 79.9. The van der Waals surface area contributed by atoms with Crippen molar-refractivity contribution in [1.29, 1.82) is 0 Å². The number of fused-ring (bicyclic) bond motifs is 1. The van der Waals surface area contributed by atoms with E-state index < -0.39 is 0 Å². The number of hydrogen-bond acceptors (Lipinski definition) is 3. The summed E-state index contributed by atoms with van der Waals surface area (Å²) in [5.41, 5.74) is 2.50. The number of aliphatic hydroxyl groups excluding tert-OH is 1. The summed E-state index contributed by atoms with van der Waals surface area (Å²) in [7, 11) is 0. The van der Waals surface area contributed by atoms with E-state index in [0.29, 0.717) is 6.54 Å². The Kier molecular flexibility index (Phi) is 5.58. The Balaban J connectivity index is 0.00000128. The van der Waals surface area contributed by atoms with Gasteiger partial charge in [0, 0.05) is 18.4 Å². The van der Waals surface area contributed by atoms with Crippen LogP contribution in [0.4, 0.5) is 11.4 Å². The fourth-order valence-corrected chi connectivity index (χ4v) is 2.39. The van der Waals surface area contributed by atoms with Gasteiger partial charge in [-0.2, -0.15) is 0 Å². The predicted molar refractivity (Wildman–Crippen MR) is 77.2 cm³/mol. The van der Waals surface area contributed by atoms with Gasteiger partial charge in [-0.25, -0.2) is 0 Å². The molecule has 0 radical (unpaired) electrons. The first kappa shape index (κ1) is 13.8. The normalized spacial score (nSPS) is 13.6. The van der Waals surface area contributed by atoms with Crippen molar-refractivity contribution in [2.45, 2.75) is 0 Å². The zero-order valence-electron chi connectivity index (χ0n) is 8.97. The van der Waals surface area contributed by atoms with Crippen molar-refractivity contribution in [3.8, 4) is 0 Å². The van der Waals surface area contributed by atoms with Crippen LogP contribution in [0.2, 0.25) is 0 Å². The Morgan fingerprint density at radius 1 is 1.12 bits per heavy atom. The van der Waals surface area contributed by atoms with Crippen molar-refractivity contribution in [2.75, 3.05) is 41.5 Å². The number of alkyl halides is 1. The van der Waals surface area contributed by atoms with Crippen LogP contribution in [0.3, 0.4) is 0 Å². The molecule has 1 aromatic rings. The molecule has 3 nitrogen and oxygen atoms in total. The number of benzene rings is 1. The van der Waals surface area contributed by atoms with E-state index in [9.17, 15) is 0 Å². The smallest absolute Gasteiger partial charge is 0.0905 e. The molecule has 0 fully saturated rings. The van der Waals surface area contributed by atoms with Crippen LogP contribution in [0.1, 0.15) is 0 Å². The molecule has 0 unspecified atom stereocenters. The number of aliphatic hydroxyl groups is 1. The SMILES string of the molecule is Br.OCCN1CN(CCBr)c2ccccc21. The minimum atomic E-state index is 0. The molecule has 0 atom stereocenters. The molecule has 1 aliphatic rings. The van der Waals surface area contributed by atoms with Gasteiger partial charge in [-0.3, -0.25) is 0 Å². The lowest BCUT2D eigenvalue weighted by atomic mass is 10.2. The molecule has 1 aromatic carbocycles. The Hall–Kier alpha value is -0.260. The van der Waals surface area contributed by atoms with E-state index in [1.54, 1.807) is 0 Å². The minimum Gasteiger partial charge on any atom is -0.395 e. The zero-order valence-corrected chi connectivity index (χ0v) is 12.3. The third-order valence-electron chi connectivity index (χ3n) is 2.63. The van der Waals surface area contributed by atoms with E-state index in [2.05, 4.69) is 43.9 Å². The maximum Gasteiger partial charge on any atom is 0.0905 e. The second-order valence-corrected chi connectivity index (χ2v) is 4.36. The summed E-state index contributed by atoms with van der Waals surface area (Å²) in [5.74, 6) is 0. The van der Waals surface area contributed by atoms with Gasteiger partial charge in [0.25, 0.3) is 0 Å². The average Bonchev–Trinajstić information content (AvgIpc) is 2.59. The molecule has 16 heavy (non-hydrogen) atoms. The second kappa shape index (κ2) is 6.47. The maximum absolute atomic E-state index is 9.00. The molecule has 0 spiro atoms. The van der Waals surface area contributed by atoms with Crippen molar-refractivity contribution >= 4 is 44.3 Å². The quantitative estimate of drug-likeness (QED) is 0.843. The lowest BCUT2D eigenvalue weighted by molar-refractivity contribution is 0.302. The number of β-amino-alcohol motifs (C(OH)–C–C–N with tert-alkyl or cyclic N) is 1. The minimum absolute atomic E-state index is 0. The molecule has 1 aliphatic heterocycles. The second-order valence-electron chi connectivity index (χ2n) is 3.57. The average molecular weight is 352 g/mol. The standard InChI is InChI=1S/C11H15BrN2O.BrH/c12-5-6-13-9-14(7-8-15)11-4-2-1-3-10(11)13;/h1-4,15H,5-9H2;1H. The summed E-state index contributed by atoms with van der Waals surface area (Å²) in [6.07, 6.45) is 0. The molecule has 0 saturated heterocycles. The molecule has 1 N–H and O–H groups in total. The van der Waals surface area contributed by atoms with Crippen molar-refractivity contribution in [1.82, 2.24) is 0 Å². The molecule has 0 saturated carbocycles. The van der Waals surface area contributed by atoms with E-state index in [4.69, 9.17) is 5.11 Å². The first-order valence-corrected chi connectivity index (χ1v) is 6.24. The predicted octanol–water partition coefficient (Wildman–Crippen LogP) is 2.24. The van der Waals surface area contributed by atoms with Crippen LogP contribution < -0.4 is 9.80 Å². The highest BCUT2D eigenvalue weighted by molar-refractivity contribution is 9.09. The van der Waals surface area contributed by atoms with Gasteiger partial charge in [-0.05, 0) is 12.1 Å². The van der Waals surface area contributed by atoms with Crippen LogP contribution in [-0.4, -0.2) is 36.8 Å². The number of hydrogen-bond donors (Lipinski definition) is 1. The summed E-state index contributed by atoms with van der Waals surface area (Å²) in [4.78, 5) is 4.53. The summed E-state index contributed by atoms with van der Waals surface area (Å²) in [5, 5.41) is 9.97. The van der Waals surface area contributed by atoms with E-state index in [-0.39, 0.29) is 23.6 Å². The van der Waals surface area contributed by atoms with Crippen LogP contribution in [0.25, 0.3) is 0 Å². The lowest BCUT2D eigenvalue weighted by Crippen LogP contribution is -2.33. The highest BCUT2D eigenvalue weighted by Crippen LogP contribution is 2.34. The fourth-order valence-electron chi connectivity index (χ4n) is 1.96. The van der Waals surface area contributed by atoms with Gasteiger partial charge in [0.05, 0.1) is 24.7 Å². The third kappa shape index (κ3) is 2.70. The lowest BCUT2D eigenvalue weighted by Gasteiger charge is -2.20. The van der Waals surface area contributed by atoms with Crippen LogP contribution in [-0.2, 0) is 0 Å². The third-order valence-corrected chi connectivity index (χ3v) is 2.98. The largest absolute Gasteiger partial charge is 0.395 e. The number of rotatable bonds is 4. The van der Waals surface area contributed by atoms with Gasteiger partial charge < -0.3 is 14.9 Å². The number of para-hydroxylation sites is 2. The van der Waals surface area contributed by atoms with Gasteiger partial charge >= 0.3 is 0 Å². The summed E-state index contributed by atoms with van der Waals surface area (Å²) < 4.78 is 0. The summed E-state index contributed by atoms with van der Waals surface area (Å²) in [6.45, 7) is 2.79. The summed E-state index contributed by atoms with van der Waals surface area (Å²) >= 11 is 3.46. The fraction of sp³-hybridized carbons (Fsp3) is 0.455. The van der Waals surface area contributed by atoms with E-state index in [1.807, 2.05) is 6.07 Å². The maximum atomic E-state index is 9.00. The molecule has 0 aromatic heterocycles. The van der Waals surface area contributed by atoms with E-state index in [1.165, 1.54) is 11.4 Å². The Bertz CT molecular complexity index is 305. The Morgan fingerprint density at radius 3 is 2.19 bits per heavy atom. The summed E-state index contributed by atoms with van der Waals surface area (Å²) in [6, 6.07) is 8.35. The number of anilines is 2. The first-order valence-electron chi connectivity index (χ1n) is 5.12. The van der Waals surface area contributed by atoms with E-state index in [0.717, 1.165) is 18.5 Å². The van der Waals surface area contributed by atoms with Gasteiger partial charge in [-0.1, -0.05) is 28.1 Å². The monoisotopic (exact) mass is 350 g/mol. The number of halogens is 2. The van der Waals surface area contributed by atoms with Crippen LogP contribution >= 0.6 is 32.9 Å². The molecule has 0 bridgehead atoms. The van der Waals surface area contributed by atoms with Gasteiger partial charge in [0.1, 0.15) is 0 Å². The first-order chi connectivity index (χ1) is 7.36. The molecule has 1 heterocycles. The van der Waals surface area contributed by atoms with Crippen LogP contribution in [0.5, 0.6) is 0 Å². The molecular formula is C11H16Br2N2O. The molecule has 0 amide bonds. The Morgan fingerprint density at radius 2 is 1.69 bits per heavy atom. The van der Waals surface area contributed by atoms with Crippen molar-refractivity contribution in [3.63, 3.8) is 0 Å². The van der Waals surface area contributed by atoms with Crippen LogP contribution in [0, 0.1) is 0 Å². The van der Waals surface area contributed by atoms with E-state index >= 15 is 0 Å². The van der Waals surface area contributed by atoms with Crippen molar-refractivity contribution in [3.05, 3.63) is 24.3 Å². The molecule has 90 valence electrons. The molecule has 0 aliphatic carbocycles. The van der Waals surface area contributed by atoms with Crippen LogP contribution in [0.15, 0.2) is 24.3 Å². The molecular weight excluding hydrogens is 336 g/mol. The number of nitrogens with zero attached hydrogens (tertiary/aromatic N) is 2. The van der Waals surface area contributed by atoms with Crippen molar-refractivity contribution < 1.29 is 5.11 Å². The molecule has 5 heteroatoms. The van der Waals surface area contributed by atoms with Gasteiger partial charge in [0.15, 0.2) is 0 Å². The highest BCUT2D eigenvalue weighted by Gasteiger charge is 2.23. The van der Waals surface area contributed by atoms with Crippen molar-refractivity contribution in [2.24, 2.45) is 0 Å². The van der Waals surface area contributed by atoms with Gasteiger partial charge in [-0.15, -0.1) is 17.0 Å². The molecule has 2 rings (SSSR count).